The number of ether oxygens (including phenoxy) is 1. The van der Waals surface area contributed by atoms with E-state index in [4.69, 9.17) is 4.74 Å². The van der Waals surface area contributed by atoms with Crippen LogP contribution in [-0.4, -0.2) is 43.3 Å². The number of amides is 1. The maximum absolute atomic E-state index is 12.4. The van der Waals surface area contributed by atoms with Crippen LogP contribution >= 0.6 is 0 Å². The molecule has 0 saturated carbocycles. The molecule has 0 aromatic heterocycles. The summed E-state index contributed by atoms with van der Waals surface area (Å²) in [5.41, 5.74) is 1.30. The van der Waals surface area contributed by atoms with Gasteiger partial charge in [0, 0.05) is 19.8 Å². The summed E-state index contributed by atoms with van der Waals surface area (Å²) in [5.74, 6) is 0.884. The molecule has 1 unspecified atom stereocenters. The van der Waals surface area contributed by atoms with Crippen molar-refractivity contribution in [2.75, 3.05) is 26.4 Å². The van der Waals surface area contributed by atoms with Crippen LogP contribution in [0.15, 0.2) is 30.3 Å². The van der Waals surface area contributed by atoms with Gasteiger partial charge in [0.2, 0.25) is 5.91 Å². The largest absolute Gasteiger partial charge is 0.381 e. The van der Waals surface area contributed by atoms with Gasteiger partial charge in [0.25, 0.3) is 0 Å². The lowest BCUT2D eigenvalue weighted by atomic mass is 9.99. The molecule has 114 valence electrons. The van der Waals surface area contributed by atoms with E-state index >= 15 is 0 Å². The molecule has 0 spiro atoms. The highest BCUT2D eigenvalue weighted by atomic mass is 16.5. The SMILES string of the molecule is O=C1C(CCc2ccccc2)NCN1CC1CCOCC1. The summed E-state index contributed by atoms with van der Waals surface area (Å²) < 4.78 is 5.38. The van der Waals surface area contributed by atoms with Gasteiger partial charge in [0.1, 0.15) is 0 Å². The molecule has 3 rings (SSSR count). The zero-order valence-corrected chi connectivity index (χ0v) is 12.5. The molecular weight excluding hydrogens is 264 g/mol. The number of nitrogens with one attached hydrogen (secondary N) is 1. The van der Waals surface area contributed by atoms with Crippen molar-refractivity contribution in [2.24, 2.45) is 5.92 Å². The van der Waals surface area contributed by atoms with Gasteiger partial charge >= 0.3 is 0 Å². The molecule has 4 heteroatoms. The first-order chi connectivity index (χ1) is 10.3. The Hall–Kier alpha value is -1.39. The molecule has 0 bridgehead atoms. The molecule has 1 aromatic carbocycles. The van der Waals surface area contributed by atoms with Gasteiger partial charge < -0.3 is 9.64 Å². The molecule has 2 aliphatic heterocycles. The number of rotatable bonds is 5. The Labute approximate surface area is 126 Å². The fraction of sp³-hybridized carbons (Fsp3) is 0.588. The van der Waals surface area contributed by atoms with Crippen molar-refractivity contribution in [3.8, 4) is 0 Å². The van der Waals surface area contributed by atoms with Crippen molar-refractivity contribution in [3.05, 3.63) is 35.9 Å². The van der Waals surface area contributed by atoms with Gasteiger partial charge in [-0.05, 0) is 37.2 Å². The van der Waals surface area contributed by atoms with Crippen LogP contribution in [-0.2, 0) is 16.0 Å². The van der Waals surface area contributed by atoms with Gasteiger partial charge in [-0.2, -0.15) is 0 Å². The Kier molecular flexibility index (Phi) is 4.88. The van der Waals surface area contributed by atoms with E-state index in [0.29, 0.717) is 12.6 Å². The maximum Gasteiger partial charge on any atom is 0.240 e. The van der Waals surface area contributed by atoms with Gasteiger partial charge in [-0.3, -0.25) is 10.1 Å². The summed E-state index contributed by atoms with van der Waals surface area (Å²) in [6, 6.07) is 10.4. The summed E-state index contributed by atoms with van der Waals surface area (Å²) in [6.07, 6.45) is 4.00. The summed E-state index contributed by atoms with van der Waals surface area (Å²) in [5, 5.41) is 3.36. The van der Waals surface area contributed by atoms with Crippen molar-refractivity contribution >= 4 is 5.91 Å². The second-order valence-electron chi connectivity index (χ2n) is 6.06. The molecule has 0 radical (unpaired) electrons. The molecule has 0 aliphatic carbocycles. The van der Waals surface area contributed by atoms with Gasteiger partial charge in [-0.25, -0.2) is 0 Å². The van der Waals surface area contributed by atoms with Crippen LogP contribution in [0.4, 0.5) is 0 Å². The quantitative estimate of drug-likeness (QED) is 0.898. The fourth-order valence-electron chi connectivity index (χ4n) is 3.18. The first-order valence-electron chi connectivity index (χ1n) is 7.97. The standard InChI is InChI=1S/C17H24N2O2/c20-17-16(7-6-14-4-2-1-3-5-14)18-13-19(17)12-15-8-10-21-11-9-15/h1-5,15-16,18H,6-13H2. The van der Waals surface area contributed by atoms with E-state index in [1.54, 1.807) is 0 Å². The lowest BCUT2D eigenvalue weighted by Crippen LogP contribution is -2.35. The second-order valence-corrected chi connectivity index (χ2v) is 6.06. The fourth-order valence-corrected chi connectivity index (χ4v) is 3.18. The Morgan fingerprint density at radius 2 is 1.95 bits per heavy atom. The summed E-state index contributed by atoms with van der Waals surface area (Å²) in [7, 11) is 0. The van der Waals surface area contributed by atoms with Crippen LogP contribution in [0.1, 0.15) is 24.8 Å². The summed E-state index contributed by atoms with van der Waals surface area (Å²) in [6.45, 7) is 3.28. The monoisotopic (exact) mass is 288 g/mol. The smallest absolute Gasteiger partial charge is 0.240 e. The first-order valence-corrected chi connectivity index (χ1v) is 7.97. The summed E-state index contributed by atoms with van der Waals surface area (Å²) in [4.78, 5) is 14.4. The number of benzene rings is 1. The number of carbonyl (C=O) groups excluding carboxylic acids is 1. The zero-order chi connectivity index (χ0) is 14.5. The molecule has 2 fully saturated rings. The number of carbonyl (C=O) groups is 1. The van der Waals surface area contributed by atoms with Crippen LogP contribution in [0, 0.1) is 5.92 Å². The normalized spacial score (nSPS) is 23.7. The predicted molar refractivity (Wildman–Crippen MR) is 81.8 cm³/mol. The predicted octanol–water partition coefficient (Wildman–Crippen LogP) is 1.80. The lowest BCUT2D eigenvalue weighted by Gasteiger charge is -2.26. The van der Waals surface area contributed by atoms with Crippen molar-refractivity contribution in [3.63, 3.8) is 0 Å². The minimum atomic E-state index is -0.00922. The highest BCUT2D eigenvalue weighted by molar-refractivity contribution is 5.83. The van der Waals surface area contributed by atoms with Crippen LogP contribution in [0.2, 0.25) is 0 Å². The van der Waals surface area contributed by atoms with Gasteiger partial charge in [-0.1, -0.05) is 30.3 Å². The number of aryl methyl sites for hydroxylation is 1. The molecule has 2 heterocycles. The topological polar surface area (TPSA) is 41.6 Å². The molecular formula is C17H24N2O2. The van der Waals surface area contributed by atoms with E-state index in [0.717, 1.165) is 45.4 Å². The molecule has 1 aromatic rings. The van der Waals surface area contributed by atoms with Gasteiger partial charge in [0.05, 0.1) is 12.7 Å². The molecule has 1 atom stereocenters. The maximum atomic E-state index is 12.4. The molecule has 1 N–H and O–H groups in total. The minimum absolute atomic E-state index is 0.00922. The third-order valence-corrected chi connectivity index (χ3v) is 4.52. The number of hydrogen-bond acceptors (Lipinski definition) is 3. The van der Waals surface area contributed by atoms with Crippen molar-refractivity contribution in [1.29, 1.82) is 0 Å². The van der Waals surface area contributed by atoms with E-state index in [1.165, 1.54) is 5.56 Å². The third-order valence-electron chi connectivity index (χ3n) is 4.52. The highest BCUT2D eigenvalue weighted by Crippen LogP contribution is 2.19. The average molecular weight is 288 g/mol. The Morgan fingerprint density at radius 1 is 1.19 bits per heavy atom. The molecule has 21 heavy (non-hydrogen) atoms. The van der Waals surface area contributed by atoms with E-state index in [9.17, 15) is 4.79 Å². The van der Waals surface area contributed by atoms with Crippen molar-refractivity contribution < 1.29 is 9.53 Å². The second kappa shape index (κ2) is 7.05. The van der Waals surface area contributed by atoms with Crippen molar-refractivity contribution in [2.45, 2.75) is 31.7 Å². The van der Waals surface area contributed by atoms with E-state index in [2.05, 4.69) is 29.6 Å². The summed E-state index contributed by atoms with van der Waals surface area (Å²) >= 11 is 0. The third kappa shape index (κ3) is 3.83. The molecule has 2 aliphatic rings. The van der Waals surface area contributed by atoms with E-state index in [-0.39, 0.29) is 11.9 Å². The van der Waals surface area contributed by atoms with Crippen LogP contribution in [0.25, 0.3) is 0 Å². The van der Waals surface area contributed by atoms with E-state index < -0.39 is 0 Å². The highest BCUT2D eigenvalue weighted by Gasteiger charge is 2.32. The minimum Gasteiger partial charge on any atom is -0.381 e. The van der Waals surface area contributed by atoms with Gasteiger partial charge in [-0.15, -0.1) is 0 Å². The van der Waals surface area contributed by atoms with Crippen LogP contribution in [0.3, 0.4) is 0 Å². The molecule has 1 amide bonds. The van der Waals surface area contributed by atoms with Gasteiger partial charge in [0.15, 0.2) is 0 Å². The number of nitrogens with zero attached hydrogens (tertiary/aromatic N) is 1. The Balaban J connectivity index is 1.47. The zero-order valence-electron chi connectivity index (χ0n) is 12.5. The Bertz CT molecular complexity index is 457. The van der Waals surface area contributed by atoms with Crippen molar-refractivity contribution in [1.82, 2.24) is 10.2 Å². The lowest BCUT2D eigenvalue weighted by molar-refractivity contribution is -0.129. The first kappa shape index (κ1) is 14.5. The van der Waals surface area contributed by atoms with Crippen LogP contribution in [0.5, 0.6) is 0 Å². The van der Waals surface area contributed by atoms with E-state index in [1.807, 2.05) is 11.0 Å². The average Bonchev–Trinajstić information content (AvgIpc) is 2.88. The number of hydrogen-bond donors (Lipinski definition) is 1. The van der Waals surface area contributed by atoms with Crippen LogP contribution < -0.4 is 5.32 Å². The Morgan fingerprint density at radius 3 is 2.71 bits per heavy atom. The molecule has 2 saturated heterocycles. The molecule has 4 nitrogen and oxygen atoms in total.